The van der Waals surface area contributed by atoms with Crippen LogP contribution in [0.1, 0.15) is 56.2 Å². The van der Waals surface area contributed by atoms with E-state index in [1.54, 1.807) is 0 Å². The number of aryl methyl sites for hydroxylation is 2. The Morgan fingerprint density at radius 2 is 2.21 bits per heavy atom. The maximum Gasteiger partial charge on any atom is 0.0521 e. The van der Waals surface area contributed by atoms with Crippen LogP contribution < -0.4 is 0 Å². The van der Waals surface area contributed by atoms with E-state index in [1.165, 1.54) is 43.4 Å². The third-order valence-corrected chi connectivity index (χ3v) is 3.01. The summed E-state index contributed by atoms with van der Waals surface area (Å²) in [5.74, 6) is 0.833. The third kappa shape index (κ3) is 1.99. The van der Waals surface area contributed by atoms with Crippen LogP contribution in [0.15, 0.2) is 6.20 Å². The summed E-state index contributed by atoms with van der Waals surface area (Å²) in [5.41, 5.74) is 2.91. The summed E-state index contributed by atoms with van der Waals surface area (Å²) in [5, 5.41) is 4.47. The maximum atomic E-state index is 4.47. The molecular formula is C12H20N2. The van der Waals surface area contributed by atoms with E-state index in [9.17, 15) is 0 Å². The first kappa shape index (κ1) is 9.75. The van der Waals surface area contributed by atoms with Gasteiger partial charge in [0.1, 0.15) is 0 Å². The van der Waals surface area contributed by atoms with Crippen molar-refractivity contribution in [2.24, 2.45) is 0 Å². The van der Waals surface area contributed by atoms with Crippen molar-refractivity contribution in [2.45, 2.75) is 58.4 Å². The van der Waals surface area contributed by atoms with Crippen LogP contribution >= 0.6 is 0 Å². The lowest BCUT2D eigenvalue weighted by atomic mass is 10.2. The number of nitrogens with zero attached hydrogens (tertiary/aromatic N) is 2. The predicted octanol–water partition coefficient (Wildman–Crippen LogP) is 3.26. The number of hydrogen-bond donors (Lipinski definition) is 0. The van der Waals surface area contributed by atoms with Crippen molar-refractivity contribution in [3.05, 3.63) is 17.5 Å². The zero-order valence-corrected chi connectivity index (χ0v) is 9.29. The first-order valence-corrected chi connectivity index (χ1v) is 5.85. The Kier molecular flexibility index (Phi) is 2.90. The van der Waals surface area contributed by atoms with Crippen LogP contribution in [0.5, 0.6) is 0 Å². The maximum absolute atomic E-state index is 4.47. The molecule has 0 N–H and O–H groups in total. The van der Waals surface area contributed by atoms with E-state index >= 15 is 0 Å². The Bertz CT molecular complexity index is 297. The molecule has 78 valence electrons. The van der Waals surface area contributed by atoms with E-state index in [1.807, 2.05) is 6.20 Å². The average molecular weight is 192 g/mol. The van der Waals surface area contributed by atoms with Gasteiger partial charge in [-0.25, -0.2) is 0 Å². The van der Waals surface area contributed by atoms with Gasteiger partial charge in [-0.1, -0.05) is 19.8 Å². The largest absolute Gasteiger partial charge is 0.269 e. The highest BCUT2D eigenvalue weighted by atomic mass is 15.3. The molecule has 0 radical (unpaired) electrons. The standard InChI is InChI=1S/C12H20N2/c1-3-4-5-8-14-12(11-6-7-11)10(2)9-13-14/h9,11H,3-8H2,1-2H3. The SMILES string of the molecule is CCCCCn1ncc(C)c1C1CC1. The number of hydrogen-bond acceptors (Lipinski definition) is 1. The minimum absolute atomic E-state index is 0.833. The van der Waals surface area contributed by atoms with E-state index in [0.717, 1.165) is 12.5 Å². The van der Waals surface area contributed by atoms with Crippen LogP contribution in [-0.2, 0) is 6.54 Å². The van der Waals surface area contributed by atoms with E-state index in [2.05, 4.69) is 23.6 Å². The number of rotatable bonds is 5. The van der Waals surface area contributed by atoms with Gasteiger partial charge in [-0.05, 0) is 31.7 Å². The van der Waals surface area contributed by atoms with Crippen LogP contribution in [0.4, 0.5) is 0 Å². The van der Waals surface area contributed by atoms with Crippen LogP contribution in [0, 0.1) is 6.92 Å². The second-order valence-electron chi connectivity index (χ2n) is 4.42. The highest BCUT2D eigenvalue weighted by Gasteiger charge is 2.28. The summed E-state index contributed by atoms with van der Waals surface area (Å²) in [7, 11) is 0. The molecule has 0 aromatic carbocycles. The van der Waals surface area contributed by atoms with Crippen molar-refractivity contribution < 1.29 is 0 Å². The van der Waals surface area contributed by atoms with Crippen molar-refractivity contribution in [1.29, 1.82) is 0 Å². The Morgan fingerprint density at radius 3 is 2.86 bits per heavy atom. The van der Waals surface area contributed by atoms with Crippen molar-refractivity contribution in [3.8, 4) is 0 Å². The fourth-order valence-corrected chi connectivity index (χ4v) is 2.07. The molecule has 1 fully saturated rings. The van der Waals surface area contributed by atoms with Crippen LogP contribution in [0.25, 0.3) is 0 Å². The average Bonchev–Trinajstić information content (AvgIpc) is 2.93. The second kappa shape index (κ2) is 4.16. The van der Waals surface area contributed by atoms with Gasteiger partial charge in [-0.3, -0.25) is 4.68 Å². The molecule has 1 aliphatic carbocycles. The molecular weight excluding hydrogens is 172 g/mol. The monoisotopic (exact) mass is 192 g/mol. The van der Waals surface area contributed by atoms with Crippen molar-refractivity contribution in [3.63, 3.8) is 0 Å². The zero-order chi connectivity index (χ0) is 9.97. The molecule has 1 aromatic rings. The smallest absolute Gasteiger partial charge is 0.0521 e. The molecule has 0 aliphatic heterocycles. The molecule has 0 amide bonds. The lowest BCUT2D eigenvalue weighted by Crippen LogP contribution is -2.04. The molecule has 14 heavy (non-hydrogen) atoms. The van der Waals surface area contributed by atoms with E-state index in [-0.39, 0.29) is 0 Å². The molecule has 1 aliphatic rings. The van der Waals surface area contributed by atoms with Gasteiger partial charge >= 0.3 is 0 Å². The molecule has 2 nitrogen and oxygen atoms in total. The minimum atomic E-state index is 0.833. The predicted molar refractivity (Wildman–Crippen MR) is 58.5 cm³/mol. The van der Waals surface area contributed by atoms with Gasteiger partial charge < -0.3 is 0 Å². The van der Waals surface area contributed by atoms with Gasteiger partial charge in [0.05, 0.1) is 6.20 Å². The van der Waals surface area contributed by atoms with Gasteiger partial charge in [0.2, 0.25) is 0 Å². The Balaban J connectivity index is 2.01. The Labute approximate surface area is 86.3 Å². The molecule has 0 atom stereocenters. The Morgan fingerprint density at radius 1 is 1.43 bits per heavy atom. The summed E-state index contributed by atoms with van der Waals surface area (Å²) in [6.07, 6.45) is 8.67. The highest BCUT2D eigenvalue weighted by Crippen LogP contribution is 2.41. The van der Waals surface area contributed by atoms with Gasteiger partial charge in [0.15, 0.2) is 0 Å². The summed E-state index contributed by atoms with van der Waals surface area (Å²) in [6, 6.07) is 0. The normalized spacial score (nSPS) is 16.1. The lowest BCUT2D eigenvalue weighted by molar-refractivity contribution is 0.533. The molecule has 0 saturated heterocycles. The lowest BCUT2D eigenvalue weighted by Gasteiger charge is -2.06. The molecule has 1 heterocycles. The topological polar surface area (TPSA) is 17.8 Å². The molecule has 1 aromatic heterocycles. The molecule has 0 spiro atoms. The van der Waals surface area contributed by atoms with Crippen molar-refractivity contribution in [2.75, 3.05) is 0 Å². The molecule has 2 rings (SSSR count). The van der Waals surface area contributed by atoms with E-state index in [4.69, 9.17) is 0 Å². The fraction of sp³-hybridized carbons (Fsp3) is 0.750. The molecule has 1 saturated carbocycles. The van der Waals surface area contributed by atoms with Crippen molar-refractivity contribution in [1.82, 2.24) is 9.78 Å². The Hall–Kier alpha value is -0.790. The summed E-state index contributed by atoms with van der Waals surface area (Å²) < 4.78 is 2.24. The first-order valence-electron chi connectivity index (χ1n) is 5.85. The van der Waals surface area contributed by atoms with E-state index < -0.39 is 0 Å². The number of unbranched alkanes of at least 4 members (excludes halogenated alkanes) is 2. The van der Waals surface area contributed by atoms with Gasteiger partial charge in [0.25, 0.3) is 0 Å². The minimum Gasteiger partial charge on any atom is -0.269 e. The fourth-order valence-electron chi connectivity index (χ4n) is 2.07. The molecule has 2 heteroatoms. The first-order chi connectivity index (χ1) is 6.83. The van der Waals surface area contributed by atoms with Gasteiger partial charge in [-0.2, -0.15) is 5.10 Å². The van der Waals surface area contributed by atoms with Gasteiger partial charge in [0, 0.05) is 18.2 Å². The van der Waals surface area contributed by atoms with Crippen LogP contribution in [-0.4, -0.2) is 9.78 Å². The highest BCUT2D eigenvalue weighted by molar-refractivity contribution is 5.24. The molecule has 0 unspecified atom stereocenters. The summed E-state index contributed by atoms with van der Waals surface area (Å²) >= 11 is 0. The van der Waals surface area contributed by atoms with Gasteiger partial charge in [-0.15, -0.1) is 0 Å². The summed E-state index contributed by atoms with van der Waals surface area (Å²) in [4.78, 5) is 0. The second-order valence-corrected chi connectivity index (χ2v) is 4.42. The third-order valence-electron chi connectivity index (χ3n) is 3.01. The quantitative estimate of drug-likeness (QED) is 0.655. The van der Waals surface area contributed by atoms with Crippen LogP contribution in [0.3, 0.4) is 0 Å². The molecule has 0 bridgehead atoms. The van der Waals surface area contributed by atoms with Crippen molar-refractivity contribution >= 4 is 0 Å². The van der Waals surface area contributed by atoms with Crippen LogP contribution in [0.2, 0.25) is 0 Å². The van der Waals surface area contributed by atoms with E-state index in [0.29, 0.717) is 0 Å². The number of aromatic nitrogens is 2. The zero-order valence-electron chi connectivity index (χ0n) is 9.29. The summed E-state index contributed by atoms with van der Waals surface area (Å²) in [6.45, 7) is 5.56.